The number of hydrogen-bond donors (Lipinski definition) is 0. The number of halogens is 3. The molecule has 0 atom stereocenters. The molecule has 0 saturated carbocycles. The van der Waals surface area contributed by atoms with Gasteiger partial charge in [0.05, 0.1) is 24.9 Å². The molecule has 1 aromatic carbocycles. The van der Waals surface area contributed by atoms with Crippen molar-refractivity contribution in [2.24, 2.45) is 0 Å². The summed E-state index contributed by atoms with van der Waals surface area (Å²) in [5.41, 5.74) is 0.0877. The van der Waals surface area contributed by atoms with Gasteiger partial charge in [-0.15, -0.1) is 0 Å². The maximum Gasteiger partial charge on any atom is 0.433 e. The Morgan fingerprint density at radius 1 is 1.10 bits per heavy atom. The Bertz CT molecular complexity index is 1050. The maximum absolute atomic E-state index is 13.7. The number of likely N-dealkylation sites (tertiary alicyclic amines) is 1. The molecule has 0 spiro atoms. The largest absolute Gasteiger partial charge is 0.497 e. The van der Waals surface area contributed by atoms with E-state index in [1.165, 1.54) is 13.2 Å². The van der Waals surface area contributed by atoms with Crippen molar-refractivity contribution < 1.29 is 22.7 Å². The van der Waals surface area contributed by atoms with Gasteiger partial charge in [0.1, 0.15) is 5.75 Å². The molecule has 2 aromatic heterocycles. The van der Waals surface area contributed by atoms with E-state index in [2.05, 4.69) is 10.1 Å². The molecule has 1 amide bonds. The molecule has 0 bridgehead atoms. The molecular weight excluding hydrogens is 397 g/mol. The number of carbonyl (C=O) groups is 1. The molecule has 1 saturated heterocycles. The number of piperidine rings is 1. The summed E-state index contributed by atoms with van der Waals surface area (Å²) in [6.07, 6.45) is -1.68. The highest BCUT2D eigenvalue weighted by Crippen LogP contribution is 2.32. The van der Waals surface area contributed by atoms with Gasteiger partial charge in [0.15, 0.2) is 11.3 Å². The van der Waals surface area contributed by atoms with Crippen molar-refractivity contribution in [1.29, 1.82) is 0 Å². The first-order valence-electron chi connectivity index (χ1n) is 9.74. The Kier molecular flexibility index (Phi) is 5.36. The number of amides is 1. The third-order valence-corrected chi connectivity index (χ3v) is 5.20. The van der Waals surface area contributed by atoms with Crippen LogP contribution in [0, 0.1) is 0 Å². The van der Waals surface area contributed by atoms with Crippen LogP contribution >= 0.6 is 0 Å². The highest BCUT2D eigenvalue weighted by Gasteiger charge is 2.35. The lowest BCUT2D eigenvalue weighted by Crippen LogP contribution is -2.36. The second-order valence-electron chi connectivity index (χ2n) is 7.28. The third kappa shape index (κ3) is 4.10. The molecule has 0 radical (unpaired) electrons. The van der Waals surface area contributed by atoms with Crippen LogP contribution in [0.3, 0.4) is 0 Å². The first kappa shape index (κ1) is 20.2. The van der Waals surface area contributed by atoms with Crippen molar-refractivity contribution in [1.82, 2.24) is 19.5 Å². The van der Waals surface area contributed by atoms with Gasteiger partial charge in [0.25, 0.3) is 0 Å². The van der Waals surface area contributed by atoms with Crippen molar-refractivity contribution in [3.8, 4) is 17.0 Å². The standard InChI is InChI=1S/C21H21F3N4O2/c1-30-16-7-5-14(6-8-16)17-13-18(21(22,23)24)28-19(25-17)11-15(26-28)12-20(29)27-9-3-2-4-10-27/h5-8,11,13H,2-4,9-10,12H2,1H3. The van der Waals surface area contributed by atoms with Gasteiger partial charge < -0.3 is 9.64 Å². The van der Waals surface area contributed by atoms with Gasteiger partial charge in [0.2, 0.25) is 5.91 Å². The number of fused-ring (bicyclic) bond motifs is 1. The van der Waals surface area contributed by atoms with E-state index in [1.54, 1.807) is 29.2 Å². The number of carbonyl (C=O) groups excluding carboxylic acids is 1. The zero-order chi connectivity index (χ0) is 21.3. The van der Waals surface area contributed by atoms with Crippen LogP contribution < -0.4 is 4.74 Å². The summed E-state index contributed by atoms with van der Waals surface area (Å²) in [5, 5.41) is 4.04. The second kappa shape index (κ2) is 7.97. The zero-order valence-corrected chi connectivity index (χ0v) is 16.4. The fraction of sp³-hybridized carbons (Fsp3) is 0.381. The highest BCUT2D eigenvalue weighted by atomic mass is 19.4. The molecule has 3 aromatic rings. The predicted octanol–water partition coefficient (Wildman–Crippen LogP) is 3.98. The normalized spacial score (nSPS) is 14.9. The van der Waals surface area contributed by atoms with E-state index in [0.717, 1.165) is 29.8 Å². The van der Waals surface area contributed by atoms with Gasteiger partial charge in [-0.05, 0) is 49.6 Å². The van der Waals surface area contributed by atoms with Gasteiger partial charge in [-0.3, -0.25) is 4.79 Å². The van der Waals surface area contributed by atoms with E-state index in [1.807, 2.05) is 0 Å². The Labute approximate surface area is 171 Å². The molecule has 1 aliphatic heterocycles. The molecule has 0 unspecified atom stereocenters. The van der Waals surface area contributed by atoms with Gasteiger partial charge >= 0.3 is 6.18 Å². The van der Waals surface area contributed by atoms with Crippen molar-refractivity contribution in [3.63, 3.8) is 0 Å². The Hall–Kier alpha value is -3.10. The number of nitrogens with zero attached hydrogens (tertiary/aromatic N) is 4. The number of ether oxygens (including phenoxy) is 1. The second-order valence-corrected chi connectivity index (χ2v) is 7.28. The van der Waals surface area contributed by atoms with E-state index in [-0.39, 0.29) is 29.4 Å². The van der Waals surface area contributed by atoms with Crippen LogP contribution in [0.5, 0.6) is 5.75 Å². The Balaban J connectivity index is 1.71. The zero-order valence-electron chi connectivity index (χ0n) is 16.4. The molecule has 158 valence electrons. The van der Waals surface area contributed by atoms with E-state index < -0.39 is 11.9 Å². The summed E-state index contributed by atoms with van der Waals surface area (Å²) in [7, 11) is 1.51. The van der Waals surface area contributed by atoms with E-state index >= 15 is 0 Å². The van der Waals surface area contributed by atoms with Crippen molar-refractivity contribution in [2.45, 2.75) is 31.9 Å². The van der Waals surface area contributed by atoms with Crippen LogP contribution in [0.15, 0.2) is 36.4 Å². The lowest BCUT2D eigenvalue weighted by atomic mass is 10.1. The molecule has 1 aliphatic rings. The van der Waals surface area contributed by atoms with Crippen molar-refractivity contribution in [3.05, 3.63) is 47.8 Å². The minimum atomic E-state index is -4.62. The molecule has 1 fully saturated rings. The van der Waals surface area contributed by atoms with Crippen LogP contribution in [-0.4, -0.2) is 45.6 Å². The van der Waals surface area contributed by atoms with Gasteiger partial charge in [-0.2, -0.15) is 18.3 Å². The number of benzene rings is 1. The maximum atomic E-state index is 13.7. The summed E-state index contributed by atoms with van der Waals surface area (Å²) in [4.78, 5) is 18.6. The number of alkyl halides is 3. The number of rotatable bonds is 4. The monoisotopic (exact) mass is 418 g/mol. The smallest absolute Gasteiger partial charge is 0.433 e. The highest BCUT2D eigenvalue weighted by molar-refractivity contribution is 5.78. The molecule has 0 aliphatic carbocycles. The molecule has 30 heavy (non-hydrogen) atoms. The molecule has 3 heterocycles. The summed E-state index contributed by atoms with van der Waals surface area (Å²) in [6.45, 7) is 1.36. The number of hydrogen-bond acceptors (Lipinski definition) is 4. The summed E-state index contributed by atoms with van der Waals surface area (Å²) < 4.78 is 47.0. The SMILES string of the molecule is COc1ccc(-c2cc(C(F)(F)F)n3nc(CC(=O)N4CCCCC4)cc3n2)cc1. The first-order valence-corrected chi connectivity index (χ1v) is 9.74. The number of aromatic nitrogens is 3. The summed E-state index contributed by atoms with van der Waals surface area (Å²) in [6, 6.07) is 9.03. The van der Waals surface area contributed by atoms with E-state index in [9.17, 15) is 18.0 Å². The average Bonchev–Trinajstić information content (AvgIpc) is 3.15. The Morgan fingerprint density at radius 2 is 1.80 bits per heavy atom. The topological polar surface area (TPSA) is 59.7 Å². The lowest BCUT2D eigenvalue weighted by molar-refractivity contribution is -0.142. The van der Waals surface area contributed by atoms with Crippen LogP contribution in [0.2, 0.25) is 0 Å². The van der Waals surface area contributed by atoms with Gasteiger partial charge in [0, 0.05) is 24.7 Å². The van der Waals surface area contributed by atoms with Crippen LogP contribution in [-0.2, 0) is 17.4 Å². The number of methoxy groups -OCH3 is 1. The van der Waals surface area contributed by atoms with Crippen LogP contribution in [0.1, 0.15) is 30.7 Å². The van der Waals surface area contributed by atoms with E-state index in [4.69, 9.17) is 4.74 Å². The van der Waals surface area contributed by atoms with Gasteiger partial charge in [-0.25, -0.2) is 9.50 Å². The predicted molar refractivity (Wildman–Crippen MR) is 104 cm³/mol. The van der Waals surface area contributed by atoms with E-state index in [0.29, 0.717) is 24.4 Å². The molecule has 6 nitrogen and oxygen atoms in total. The fourth-order valence-corrected chi connectivity index (χ4v) is 3.63. The van der Waals surface area contributed by atoms with Crippen molar-refractivity contribution in [2.75, 3.05) is 20.2 Å². The molecule has 4 rings (SSSR count). The average molecular weight is 418 g/mol. The lowest BCUT2D eigenvalue weighted by Gasteiger charge is -2.26. The third-order valence-electron chi connectivity index (χ3n) is 5.20. The van der Waals surface area contributed by atoms with Crippen LogP contribution in [0.4, 0.5) is 13.2 Å². The molecule has 9 heteroatoms. The summed E-state index contributed by atoms with van der Waals surface area (Å²) >= 11 is 0. The first-order chi connectivity index (χ1) is 14.3. The fourth-order valence-electron chi connectivity index (χ4n) is 3.63. The minimum absolute atomic E-state index is 0.0431. The van der Waals surface area contributed by atoms with Crippen molar-refractivity contribution >= 4 is 11.6 Å². The minimum Gasteiger partial charge on any atom is -0.497 e. The molecular formula is C21H21F3N4O2. The Morgan fingerprint density at radius 3 is 2.43 bits per heavy atom. The molecule has 0 N–H and O–H groups in total. The summed E-state index contributed by atoms with van der Waals surface area (Å²) in [5.74, 6) is 0.473. The van der Waals surface area contributed by atoms with Crippen LogP contribution in [0.25, 0.3) is 16.9 Å². The van der Waals surface area contributed by atoms with Gasteiger partial charge in [-0.1, -0.05) is 0 Å². The quantitative estimate of drug-likeness (QED) is 0.643.